The van der Waals surface area contributed by atoms with Gasteiger partial charge in [-0.15, -0.1) is 0 Å². The normalized spacial score (nSPS) is 15.4. The Morgan fingerprint density at radius 2 is 1.69 bits per heavy atom. The van der Waals surface area contributed by atoms with Crippen LogP contribution in [0.5, 0.6) is 0 Å². The molecule has 2 heterocycles. The highest BCUT2D eigenvalue weighted by Crippen LogP contribution is 2.35. The molecular weight excluding hydrogens is 454 g/mol. The average molecular weight is 486 g/mol. The SMILES string of the molecule is CCc1cccc2c([C@@H](CC(=O)N3CCN(Cc4ccccc4)CC3)c3ccc(Cl)cc3)c[nH]c12. The van der Waals surface area contributed by atoms with Gasteiger partial charge in [-0.2, -0.15) is 0 Å². The number of benzene rings is 3. The van der Waals surface area contributed by atoms with E-state index in [0.717, 1.165) is 44.7 Å². The first-order valence-electron chi connectivity index (χ1n) is 12.5. The highest BCUT2D eigenvalue weighted by atomic mass is 35.5. The predicted octanol–water partition coefficient (Wildman–Crippen LogP) is 6.25. The van der Waals surface area contributed by atoms with Crippen LogP contribution in [0.15, 0.2) is 79.0 Å². The maximum Gasteiger partial charge on any atom is 0.223 e. The molecule has 0 saturated carbocycles. The van der Waals surface area contributed by atoms with Crippen molar-refractivity contribution in [3.8, 4) is 0 Å². The second-order valence-electron chi connectivity index (χ2n) is 9.39. The van der Waals surface area contributed by atoms with Gasteiger partial charge >= 0.3 is 0 Å². The van der Waals surface area contributed by atoms with E-state index >= 15 is 0 Å². The molecule has 1 saturated heterocycles. The minimum Gasteiger partial charge on any atom is -0.361 e. The number of piperazine rings is 1. The van der Waals surface area contributed by atoms with Crippen molar-refractivity contribution in [3.05, 3.63) is 106 Å². The van der Waals surface area contributed by atoms with Crippen molar-refractivity contribution in [2.24, 2.45) is 0 Å². The van der Waals surface area contributed by atoms with Crippen LogP contribution in [-0.2, 0) is 17.8 Å². The van der Waals surface area contributed by atoms with Crippen molar-refractivity contribution in [1.82, 2.24) is 14.8 Å². The molecule has 1 atom stereocenters. The number of halogens is 1. The minimum atomic E-state index is -0.0250. The van der Waals surface area contributed by atoms with Gasteiger partial charge in [0, 0.05) is 67.2 Å². The number of hydrogen-bond donors (Lipinski definition) is 1. The number of aromatic nitrogens is 1. The molecule has 5 heteroatoms. The van der Waals surface area contributed by atoms with Crippen LogP contribution >= 0.6 is 11.6 Å². The molecule has 1 aliphatic rings. The van der Waals surface area contributed by atoms with Crippen molar-refractivity contribution >= 4 is 28.4 Å². The van der Waals surface area contributed by atoms with Gasteiger partial charge < -0.3 is 9.88 Å². The van der Waals surface area contributed by atoms with Gasteiger partial charge in [0.2, 0.25) is 5.91 Å². The van der Waals surface area contributed by atoms with Crippen molar-refractivity contribution < 1.29 is 4.79 Å². The van der Waals surface area contributed by atoms with E-state index in [9.17, 15) is 4.79 Å². The largest absolute Gasteiger partial charge is 0.361 e. The van der Waals surface area contributed by atoms with Crippen LogP contribution < -0.4 is 0 Å². The first kappa shape index (κ1) is 23.7. The standard InChI is InChI=1S/C30H32ClN3O/c1-2-23-9-6-10-26-28(20-32-30(23)26)27(24-11-13-25(31)14-12-24)19-29(35)34-17-15-33(16-18-34)21-22-7-4-3-5-8-22/h3-14,20,27,32H,2,15-19,21H2,1H3/t27-/m0/s1. The van der Waals surface area contributed by atoms with Gasteiger partial charge in [0.05, 0.1) is 0 Å². The Morgan fingerprint density at radius 3 is 2.40 bits per heavy atom. The number of amides is 1. The quantitative estimate of drug-likeness (QED) is 0.336. The number of nitrogens with one attached hydrogen (secondary N) is 1. The number of carbonyl (C=O) groups excluding carboxylic acids is 1. The molecular formula is C30H32ClN3O. The van der Waals surface area contributed by atoms with Crippen LogP contribution in [0.4, 0.5) is 0 Å². The van der Waals surface area contributed by atoms with Crippen molar-refractivity contribution in [2.75, 3.05) is 26.2 Å². The second-order valence-corrected chi connectivity index (χ2v) is 9.82. The number of para-hydroxylation sites is 1. The van der Waals surface area contributed by atoms with Crippen molar-refractivity contribution in [2.45, 2.75) is 32.2 Å². The van der Waals surface area contributed by atoms with Gasteiger partial charge in [-0.25, -0.2) is 0 Å². The molecule has 4 nitrogen and oxygen atoms in total. The van der Waals surface area contributed by atoms with E-state index in [0.29, 0.717) is 11.4 Å². The first-order chi connectivity index (χ1) is 17.1. The zero-order chi connectivity index (χ0) is 24.2. The van der Waals surface area contributed by atoms with Gasteiger partial charge in [-0.05, 0) is 40.8 Å². The molecule has 1 fully saturated rings. The maximum absolute atomic E-state index is 13.5. The van der Waals surface area contributed by atoms with Gasteiger partial charge in [0.1, 0.15) is 0 Å². The lowest BCUT2D eigenvalue weighted by atomic mass is 9.87. The summed E-state index contributed by atoms with van der Waals surface area (Å²) in [6.45, 7) is 6.45. The number of aryl methyl sites for hydroxylation is 1. The monoisotopic (exact) mass is 485 g/mol. The number of aromatic amines is 1. The van der Waals surface area contributed by atoms with Gasteiger partial charge in [-0.1, -0.05) is 79.2 Å². The number of fused-ring (bicyclic) bond motifs is 1. The molecule has 0 spiro atoms. The number of H-pyrrole nitrogens is 1. The van der Waals surface area contributed by atoms with Gasteiger partial charge in [0.25, 0.3) is 0 Å². The molecule has 1 N–H and O–H groups in total. The number of rotatable bonds is 7. The first-order valence-corrected chi connectivity index (χ1v) is 12.9. The van der Waals surface area contributed by atoms with Crippen LogP contribution in [0.25, 0.3) is 10.9 Å². The Bertz CT molecular complexity index is 1270. The number of nitrogens with zero attached hydrogens (tertiary/aromatic N) is 2. The number of hydrogen-bond acceptors (Lipinski definition) is 2. The number of carbonyl (C=O) groups is 1. The summed E-state index contributed by atoms with van der Waals surface area (Å²) >= 11 is 6.19. The van der Waals surface area contributed by atoms with Crippen LogP contribution in [0.1, 0.15) is 41.5 Å². The van der Waals surface area contributed by atoms with E-state index in [1.54, 1.807) is 0 Å². The molecule has 1 aromatic heterocycles. The summed E-state index contributed by atoms with van der Waals surface area (Å²) in [6, 6.07) is 24.9. The third-order valence-electron chi connectivity index (χ3n) is 7.22. The summed E-state index contributed by atoms with van der Waals surface area (Å²) in [5.41, 5.74) is 6.08. The van der Waals surface area contributed by atoms with Crippen LogP contribution in [-0.4, -0.2) is 46.9 Å². The van der Waals surface area contributed by atoms with Crippen molar-refractivity contribution in [1.29, 1.82) is 0 Å². The molecule has 0 aliphatic carbocycles. The van der Waals surface area contributed by atoms with Crippen LogP contribution in [0.2, 0.25) is 5.02 Å². The third-order valence-corrected chi connectivity index (χ3v) is 7.47. The molecule has 0 radical (unpaired) electrons. The molecule has 180 valence electrons. The van der Waals surface area contributed by atoms with Crippen LogP contribution in [0, 0.1) is 0 Å². The Morgan fingerprint density at radius 1 is 0.943 bits per heavy atom. The summed E-state index contributed by atoms with van der Waals surface area (Å²) in [5.74, 6) is 0.188. The lowest BCUT2D eigenvalue weighted by molar-refractivity contribution is -0.133. The third kappa shape index (κ3) is 5.29. The fourth-order valence-corrected chi connectivity index (χ4v) is 5.35. The Hall–Kier alpha value is -3.08. The minimum absolute atomic E-state index is 0.0250. The zero-order valence-corrected chi connectivity index (χ0v) is 21.0. The Balaban J connectivity index is 1.34. The molecule has 5 rings (SSSR count). The Labute approximate surface area is 212 Å². The van der Waals surface area contributed by atoms with E-state index in [4.69, 9.17) is 11.6 Å². The summed E-state index contributed by atoms with van der Waals surface area (Å²) in [5, 5.41) is 1.91. The van der Waals surface area contributed by atoms with Crippen molar-refractivity contribution in [3.63, 3.8) is 0 Å². The summed E-state index contributed by atoms with van der Waals surface area (Å²) in [4.78, 5) is 21.5. The fraction of sp³-hybridized carbons (Fsp3) is 0.300. The molecule has 1 aliphatic heterocycles. The predicted molar refractivity (Wildman–Crippen MR) is 144 cm³/mol. The maximum atomic E-state index is 13.5. The topological polar surface area (TPSA) is 39.3 Å². The highest BCUT2D eigenvalue weighted by Gasteiger charge is 2.27. The van der Waals surface area contributed by atoms with E-state index in [1.165, 1.54) is 27.6 Å². The fourth-order valence-electron chi connectivity index (χ4n) is 5.22. The lowest BCUT2D eigenvalue weighted by Crippen LogP contribution is -2.48. The highest BCUT2D eigenvalue weighted by molar-refractivity contribution is 6.30. The molecule has 0 unspecified atom stereocenters. The van der Waals surface area contributed by atoms with E-state index in [2.05, 4.69) is 77.6 Å². The average Bonchev–Trinajstić information content (AvgIpc) is 3.33. The molecule has 4 aromatic rings. The Kier molecular flexibility index (Phi) is 7.21. The smallest absolute Gasteiger partial charge is 0.223 e. The zero-order valence-electron chi connectivity index (χ0n) is 20.2. The van der Waals surface area contributed by atoms with E-state index < -0.39 is 0 Å². The lowest BCUT2D eigenvalue weighted by Gasteiger charge is -2.35. The molecule has 3 aromatic carbocycles. The van der Waals surface area contributed by atoms with Gasteiger partial charge in [0.15, 0.2) is 0 Å². The summed E-state index contributed by atoms with van der Waals surface area (Å²) < 4.78 is 0. The van der Waals surface area contributed by atoms with E-state index in [-0.39, 0.29) is 11.8 Å². The molecule has 35 heavy (non-hydrogen) atoms. The second kappa shape index (κ2) is 10.7. The van der Waals surface area contributed by atoms with Gasteiger partial charge in [-0.3, -0.25) is 9.69 Å². The molecule has 1 amide bonds. The summed E-state index contributed by atoms with van der Waals surface area (Å²) in [6.07, 6.45) is 3.51. The molecule has 0 bridgehead atoms. The summed E-state index contributed by atoms with van der Waals surface area (Å²) in [7, 11) is 0. The van der Waals surface area contributed by atoms with E-state index in [1.807, 2.05) is 23.1 Å². The van der Waals surface area contributed by atoms with Crippen LogP contribution in [0.3, 0.4) is 0 Å².